The second-order valence-corrected chi connectivity index (χ2v) is 4.72. The van der Waals surface area contributed by atoms with Crippen LogP contribution in [0.5, 0.6) is 0 Å². The summed E-state index contributed by atoms with van der Waals surface area (Å²) in [4.78, 5) is 12.1. The van der Waals surface area contributed by atoms with Crippen LogP contribution in [0.25, 0.3) is 0 Å². The van der Waals surface area contributed by atoms with Gasteiger partial charge in [0.25, 0.3) is 5.91 Å². The van der Waals surface area contributed by atoms with Gasteiger partial charge in [0.15, 0.2) is 0 Å². The molecule has 0 spiro atoms. The molecule has 0 fully saturated rings. The Morgan fingerprint density at radius 2 is 2.15 bits per heavy atom. The van der Waals surface area contributed by atoms with Crippen LogP contribution in [0.15, 0.2) is 18.2 Å². The molecule has 0 unspecified atom stereocenters. The first-order chi connectivity index (χ1) is 9.70. The summed E-state index contributed by atoms with van der Waals surface area (Å²) in [6.45, 7) is 4.82. The van der Waals surface area contributed by atoms with Crippen molar-refractivity contribution >= 4 is 5.91 Å². The van der Waals surface area contributed by atoms with Crippen LogP contribution in [-0.4, -0.2) is 24.2 Å². The molecule has 20 heavy (non-hydrogen) atoms. The molecule has 0 bridgehead atoms. The molecule has 108 valence electrons. The van der Waals surface area contributed by atoms with E-state index < -0.39 is 0 Å². The monoisotopic (exact) mass is 273 g/mol. The van der Waals surface area contributed by atoms with E-state index in [1.807, 2.05) is 25.1 Å². The van der Waals surface area contributed by atoms with Crippen molar-refractivity contribution < 1.29 is 9.90 Å². The summed E-state index contributed by atoms with van der Waals surface area (Å²) in [5.74, 6) is 5.84. The zero-order chi connectivity index (χ0) is 14.8. The molecule has 3 nitrogen and oxygen atoms in total. The van der Waals surface area contributed by atoms with E-state index >= 15 is 0 Å². The zero-order valence-electron chi connectivity index (χ0n) is 12.3. The predicted octanol–water partition coefficient (Wildman–Crippen LogP) is 2.65. The largest absolute Gasteiger partial charge is 0.395 e. The fourth-order valence-electron chi connectivity index (χ4n) is 1.90. The Balaban J connectivity index is 2.73. The minimum Gasteiger partial charge on any atom is -0.395 e. The van der Waals surface area contributed by atoms with Gasteiger partial charge in [-0.05, 0) is 31.0 Å². The number of aliphatic hydroxyl groups is 1. The SMILES string of the molecule is CCCCCNC(=O)c1cccc(C#CCCO)c1C. The third-order valence-corrected chi connectivity index (χ3v) is 3.10. The third kappa shape index (κ3) is 5.07. The van der Waals surface area contributed by atoms with Crippen molar-refractivity contribution in [2.45, 2.75) is 39.5 Å². The normalized spacial score (nSPS) is 9.75. The summed E-state index contributed by atoms with van der Waals surface area (Å²) in [5, 5.41) is 11.7. The van der Waals surface area contributed by atoms with Gasteiger partial charge in [0.1, 0.15) is 0 Å². The number of benzene rings is 1. The molecule has 2 N–H and O–H groups in total. The van der Waals surface area contributed by atoms with Gasteiger partial charge < -0.3 is 10.4 Å². The Kier molecular flexibility index (Phi) is 7.46. The number of rotatable bonds is 6. The molecule has 1 amide bonds. The van der Waals surface area contributed by atoms with Crippen LogP contribution in [0, 0.1) is 18.8 Å². The van der Waals surface area contributed by atoms with Crippen molar-refractivity contribution in [2.75, 3.05) is 13.2 Å². The number of hydrogen-bond acceptors (Lipinski definition) is 2. The average Bonchev–Trinajstić information content (AvgIpc) is 2.45. The van der Waals surface area contributed by atoms with Gasteiger partial charge in [-0.1, -0.05) is 37.7 Å². The molecule has 0 aliphatic rings. The summed E-state index contributed by atoms with van der Waals surface area (Å²) in [6, 6.07) is 5.56. The van der Waals surface area contributed by atoms with Crippen LogP contribution in [-0.2, 0) is 0 Å². The summed E-state index contributed by atoms with van der Waals surface area (Å²) >= 11 is 0. The second-order valence-electron chi connectivity index (χ2n) is 4.72. The molecule has 0 aromatic heterocycles. The first-order valence-corrected chi connectivity index (χ1v) is 7.18. The lowest BCUT2D eigenvalue weighted by atomic mass is 10.0. The van der Waals surface area contributed by atoms with E-state index in [0.29, 0.717) is 18.5 Å². The van der Waals surface area contributed by atoms with Crippen molar-refractivity contribution in [3.63, 3.8) is 0 Å². The highest BCUT2D eigenvalue weighted by Crippen LogP contribution is 2.13. The van der Waals surface area contributed by atoms with Crippen molar-refractivity contribution in [3.05, 3.63) is 34.9 Å². The maximum absolute atomic E-state index is 12.1. The first kappa shape index (κ1) is 16.3. The van der Waals surface area contributed by atoms with Crippen molar-refractivity contribution in [3.8, 4) is 11.8 Å². The Hall–Kier alpha value is -1.79. The minimum atomic E-state index is -0.0376. The third-order valence-electron chi connectivity index (χ3n) is 3.10. The van der Waals surface area contributed by atoms with Crippen molar-refractivity contribution in [1.82, 2.24) is 5.32 Å². The van der Waals surface area contributed by atoms with Crippen LogP contribution < -0.4 is 5.32 Å². The van der Waals surface area contributed by atoms with E-state index in [1.54, 1.807) is 0 Å². The van der Waals surface area contributed by atoms with E-state index in [9.17, 15) is 4.79 Å². The number of unbranched alkanes of at least 4 members (excludes halogenated alkanes) is 2. The molecular weight excluding hydrogens is 250 g/mol. The number of carbonyl (C=O) groups excluding carboxylic acids is 1. The molecule has 1 aromatic carbocycles. The molecule has 0 heterocycles. The maximum atomic E-state index is 12.1. The van der Waals surface area contributed by atoms with Crippen molar-refractivity contribution in [2.24, 2.45) is 0 Å². The second kappa shape index (κ2) is 9.17. The lowest BCUT2D eigenvalue weighted by molar-refractivity contribution is 0.0952. The molecule has 1 rings (SSSR count). The van der Waals surface area contributed by atoms with Crippen LogP contribution in [0.3, 0.4) is 0 Å². The Morgan fingerprint density at radius 1 is 1.35 bits per heavy atom. The summed E-state index contributed by atoms with van der Waals surface area (Å²) < 4.78 is 0. The van der Waals surface area contributed by atoms with E-state index in [0.717, 1.165) is 30.4 Å². The number of carbonyl (C=O) groups is 1. The summed E-state index contributed by atoms with van der Waals surface area (Å²) in [5.41, 5.74) is 2.42. The molecule has 0 radical (unpaired) electrons. The Morgan fingerprint density at radius 3 is 2.85 bits per heavy atom. The zero-order valence-corrected chi connectivity index (χ0v) is 12.3. The van der Waals surface area contributed by atoms with Gasteiger partial charge >= 0.3 is 0 Å². The average molecular weight is 273 g/mol. The number of aliphatic hydroxyl groups excluding tert-OH is 1. The fourth-order valence-corrected chi connectivity index (χ4v) is 1.90. The van der Waals surface area contributed by atoms with Crippen molar-refractivity contribution in [1.29, 1.82) is 0 Å². The molecule has 0 saturated carbocycles. The molecule has 0 aliphatic carbocycles. The van der Waals surface area contributed by atoms with Gasteiger partial charge in [0.2, 0.25) is 0 Å². The highest BCUT2D eigenvalue weighted by Gasteiger charge is 2.09. The van der Waals surface area contributed by atoms with Crippen LogP contribution in [0.1, 0.15) is 54.1 Å². The standard InChI is InChI=1S/C17H23NO2/c1-3-4-6-12-18-17(20)16-11-8-10-15(14(16)2)9-5-7-13-19/h8,10-11,19H,3-4,6-7,12-13H2,1-2H3,(H,18,20). The van der Waals surface area contributed by atoms with E-state index in [4.69, 9.17) is 5.11 Å². The minimum absolute atomic E-state index is 0.0376. The smallest absolute Gasteiger partial charge is 0.251 e. The van der Waals surface area contributed by atoms with Gasteiger partial charge in [-0.15, -0.1) is 0 Å². The molecule has 3 heteroatoms. The quantitative estimate of drug-likeness (QED) is 0.618. The van der Waals surface area contributed by atoms with E-state index in [1.165, 1.54) is 0 Å². The topological polar surface area (TPSA) is 49.3 Å². The number of amides is 1. The Bertz CT molecular complexity index is 497. The van der Waals surface area contributed by atoms with Crippen LogP contribution in [0.2, 0.25) is 0 Å². The molecule has 0 aliphatic heterocycles. The molecule has 0 saturated heterocycles. The van der Waals surface area contributed by atoms with Gasteiger partial charge in [0, 0.05) is 24.1 Å². The van der Waals surface area contributed by atoms with Gasteiger partial charge in [-0.3, -0.25) is 4.79 Å². The van der Waals surface area contributed by atoms with Gasteiger partial charge in [-0.2, -0.15) is 0 Å². The summed E-state index contributed by atoms with van der Waals surface area (Å²) in [7, 11) is 0. The van der Waals surface area contributed by atoms with Crippen LogP contribution in [0.4, 0.5) is 0 Å². The van der Waals surface area contributed by atoms with Gasteiger partial charge in [0.05, 0.1) is 6.61 Å². The predicted molar refractivity (Wildman–Crippen MR) is 81.6 cm³/mol. The first-order valence-electron chi connectivity index (χ1n) is 7.18. The molecule has 0 atom stereocenters. The number of hydrogen-bond donors (Lipinski definition) is 2. The lowest BCUT2D eigenvalue weighted by Crippen LogP contribution is -2.25. The van der Waals surface area contributed by atoms with Crippen LogP contribution >= 0.6 is 0 Å². The maximum Gasteiger partial charge on any atom is 0.251 e. The van der Waals surface area contributed by atoms with Gasteiger partial charge in [-0.25, -0.2) is 0 Å². The fraction of sp³-hybridized carbons (Fsp3) is 0.471. The lowest BCUT2D eigenvalue weighted by Gasteiger charge is -2.08. The molecular formula is C17H23NO2. The van der Waals surface area contributed by atoms with E-state index in [-0.39, 0.29) is 12.5 Å². The highest BCUT2D eigenvalue weighted by molar-refractivity contribution is 5.96. The molecule has 1 aromatic rings. The number of nitrogens with one attached hydrogen (secondary N) is 1. The Labute approximate surface area is 121 Å². The summed E-state index contributed by atoms with van der Waals surface area (Å²) in [6.07, 6.45) is 3.74. The van der Waals surface area contributed by atoms with E-state index in [2.05, 4.69) is 24.1 Å². The highest BCUT2D eigenvalue weighted by atomic mass is 16.2.